The van der Waals surface area contributed by atoms with Crippen LogP contribution in [0.25, 0.3) is 5.76 Å². The predicted octanol–water partition coefficient (Wildman–Crippen LogP) is 5.35. The van der Waals surface area contributed by atoms with Crippen molar-refractivity contribution >= 4 is 45.0 Å². The van der Waals surface area contributed by atoms with E-state index in [1.807, 2.05) is 13.8 Å². The average molecular weight is 535 g/mol. The van der Waals surface area contributed by atoms with E-state index in [0.717, 1.165) is 10.0 Å². The van der Waals surface area contributed by atoms with Gasteiger partial charge in [0, 0.05) is 28.1 Å². The van der Waals surface area contributed by atoms with E-state index >= 15 is 0 Å². The average Bonchev–Trinajstić information content (AvgIpc) is 3.14. The summed E-state index contributed by atoms with van der Waals surface area (Å²) in [7, 11) is 0. The fraction of sp³-hybridized carbons (Fsp3) is 0.185. The van der Waals surface area contributed by atoms with Crippen LogP contribution in [0.3, 0.4) is 0 Å². The minimum absolute atomic E-state index is 0.0521. The van der Waals surface area contributed by atoms with E-state index in [4.69, 9.17) is 4.74 Å². The normalized spacial score (nSPS) is 17.0. The third kappa shape index (κ3) is 4.74. The summed E-state index contributed by atoms with van der Waals surface area (Å²) in [5, 5.41) is 11.2. The standard InChI is InChI=1S/C27H23BrN2O5/c1-3-12-35-27(34)18-6-4-8-20(14-18)30-23(19-7-5-11-29-15-19)22(25(32)26(30)33)24(31)17-9-10-21(28)16(2)13-17/h4-11,13-15,23,31H,3,12H2,1-2H3/b24-22+. The van der Waals surface area contributed by atoms with Gasteiger partial charge in [0.15, 0.2) is 0 Å². The summed E-state index contributed by atoms with van der Waals surface area (Å²) in [4.78, 5) is 44.4. The van der Waals surface area contributed by atoms with Crippen molar-refractivity contribution in [2.45, 2.75) is 26.3 Å². The summed E-state index contributed by atoms with van der Waals surface area (Å²) in [6.45, 7) is 4.03. The lowest BCUT2D eigenvalue weighted by molar-refractivity contribution is -0.132. The van der Waals surface area contributed by atoms with E-state index in [0.29, 0.717) is 23.2 Å². The zero-order chi connectivity index (χ0) is 25.1. The molecule has 1 aliphatic heterocycles. The molecule has 1 saturated heterocycles. The number of carbonyl (C=O) groups is 3. The molecule has 4 rings (SSSR count). The number of ketones is 1. The molecule has 0 radical (unpaired) electrons. The highest BCUT2D eigenvalue weighted by Crippen LogP contribution is 2.42. The Bertz CT molecular complexity index is 1340. The number of ether oxygens (including phenoxy) is 1. The Kier molecular flexibility index (Phi) is 7.12. The second-order valence-corrected chi connectivity index (χ2v) is 8.96. The van der Waals surface area contributed by atoms with Crippen molar-refractivity contribution in [3.63, 3.8) is 0 Å². The number of amides is 1. The molecule has 1 atom stereocenters. The number of rotatable bonds is 6. The highest BCUT2D eigenvalue weighted by Gasteiger charge is 2.47. The summed E-state index contributed by atoms with van der Waals surface area (Å²) in [6, 6.07) is 14.0. The second-order valence-electron chi connectivity index (χ2n) is 8.11. The van der Waals surface area contributed by atoms with E-state index < -0.39 is 23.7 Å². The smallest absolute Gasteiger partial charge is 0.338 e. The van der Waals surface area contributed by atoms with Gasteiger partial charge < -0.3 is 9.84 Å². The monoisotopic (exact) mass is 534 g/mol. The van der Waals surface area contributed by atoms with E-state index in [1.54, 1.807) is 60.9 Å². The largest absolute Gasteiger partial charge is 0.507 e. The van der Waals surface area contributed by atoms with Gasteiger partial charge in [0.25, 0.3) is 11.7 Å². The van der Waals surface area contributed by atoms with Gasteiger partial charge in [-0.25, -0.2) is 4.79 Å². The number of esters is 1. The molecule has 1 N–H and O–H groups in total. The summed E-state index contributed by atoms with van der Waals surface area (Å²) in [6.07, 6.45) is 3.80. The number of hydrogen-bond acceptors (Lipinski definition) is 6. The molecular formula is C27H23BrN2O5. The molecule has 35 heavy (non-hydrogen) atoms. The zero-order valence-corrected chi connectivity index (χ0v) is 20.8. The van der Waals surface area contributed by atoms with Crippen molar-refractivity contribution in [2.24, 2.45) is 0 Å². The number of aryl methyl sites for hydroxylation is 1. The topological polar surface area (TPSA) is 96.8 Å². The van der Waals surface area contributed by atoms with Crippen molar-refractivity contribution in [2.75, 3.05) is 11.5 Å². The molecule has 1 amide bonds. The number of Topliss-reactive ketones (excluding diaryl/α,β-unsaturated/α-hetero) is 1. The number of pyridine rings is 1. The van der Waals surface area contributed by atoms with Gasteiger partial charge in [0.05, 0.1) is 23.8 Å². The maximum absolute atomic E-state index is 13.3. The zero-order valence-electron chi connectivity index (χ0n) is 19.2. The molecule has 7 nitrogen and oxygen atoms in total. The molecule has 8 heteroatoms. The molecule has 1 fully saturated rings. The molecule has 2 heterocycles. The molecular weight excluding hydrogens is 512 g/mol. The molecule has 1 unspecified atom stereocenters. The Morgan fingerprint density at radius 1 is 1.11 bits per heavy atom. The first kappa shape index (κ1) is 24.3. The molecule has 0 saturated carbocycles. The number of hydrogen-bond donors (Lipinski definition) is 1. The van der Waals surface area contributed by atoms with Gasteiger partial charge in [-0.15, -0.1) is 0 Å². The van der Waals surface area contributed by atoms with E-state index in [-0.39, 0.29) is 23.5 Å². The third-order valence-corrected chi connectivity index (χ3v) is 6.56. The number of nitrogens with zero attached hydrogens (tertiary/aromatic N) is 2. The summed E-state index contributed by atoms with van der Waals surface area (Å²) >= 11 is 3.43. The van der Waals surface area contributed by atoms with Crippen molar-refractivity contribution in [3.8, 4) is 0 Å². The fourth-order valence-corrected chi connectivity index (χ4v) is 4.21. The van der Waals surface area contributed by atoms with Gasteiger partial charge in [0.1, 0.15) is 5.76 Å². The van der Waals surface area contributed by atoms with Gasteiger partial charge in [-0.3, -0.25) is 19.5 Å². The summed E-state index contributed by atoms with van der Waals surface area (Å²) < 4.78 is 6.07. The first-order valence-electron chi connectivity index (χ1n) is 11.1. The third-order valence-electron chi connectivity index (χ3n) is 5.67. The molecule has 0 aliphatic carbocycles. The van der Waals surface area contributed by atoms with Crippen molar-refractivity contribution < 1.29 is 24.2 Å². The number of aliphatic hydroxyl groups excluding tert-OH is 1. The SMILES string of the molecule is CCCOC(=O)c1cccc(N2C(=O)C(=O)/C(=C(/O)c3ccc(Br)c(C)c3)C2c2cccnc2)c1. The van der Waals surface area contributed by atoms with Crippen LogP contribution in [0.4, 0.5) is 5.69 Å². The Morgan fingerprint density at radius 2 is 1.91 bits per heavy atom. The van der Waals surface area contributed by atoms with Crippen molar-refractivity contribution in [1.82, 2.24) is 4.98 Å². The quantitative estimate of drug-likeness (QED) is 0.198. The first-order valence-corrected chi connectivity index (χ1v) is 11.9. The van der Waals surface area contributed by atoms with Crippen molar-refractivity contribution in [3.05, 3.63) is 99.3 Å². The lowest BCUT2D eigenvalue weighted by atomic mass is 9.95. The van der Waals surface area contributed by atoms with Crippen LogP contribution < -0.4 is 4.90 Å². The van der Waals surface area contributed by atoms with Gasteiger partial charge in [0.2, 0.25) is 0 Å². The maximum Gasteiger partial charge on any atom is 0.338 e. The number of aromatic nitrogens is 1. The molecule has 1 aromatic heterocycles. The number of aliphatic hydroxyl groups is 1. The minimum Gasteiger partial charge on any atom is -0.507 e. The summed E-state index contributed by atoms with van der Waals surface area (Å²) in [5.41, 5.74) is 2.35. The highest BCUT2D eigenvalue weighted by atomic mass is 79.9. The van der Waals surface area contributed by atoms with Crippen LogP contribution in [0, 0.1) is 6.92 Å². The Morgan fingerprint density at radius 3 is 2.60 bits per heavy atom. The Labute approximate surface area is 211 Å². The Hall–Kier alpha value is -3.78. The van der Waals surface area contributed by atoms with Crippen molar-refractivity contribution in [1.29, 1.82) is 0 Å². The molecule has 178 valence electrons. The summed E-state index contributed by atoms with van der Waals surface area (Å²) in [5.74, 6) is -2.44. The lowest BCUT2D eigenvalue weighted by Gasteiger charge is -2.25. The van der Waals surface area contributed by atoms with Crippen LogP contribution in [-0.4, -0.2) is 34.4 Å². The van der Waals surface area contributed by atoms with Crippen LogP contribution in [-0.2, 0) is 14.3 Å². The second kappa shape index (κ2) is 10.2. The minimum atomic E-state index is -0.936. The fourth-order valence-electron chi connectivity index (χ4n) is 3.96. The first-order chi connectivity index (χ1) is 16.8. The van der Waals surface area contributed by atoms with E-state index in [9.17, 15) is 19.5 Å². The lowest BCUT2D eigenvalue weighted by Crippen LogP contribution is -2.29. The van der Waals surface area contributed by atoms with E-state index in [1.165, 1.54) is 11.0 Å². The maximum atomic E-state index is 13.3. The Balaban J connectivity index is 1.87. The van der Waals surface area contributed by atoms with Gasteiger partial charge in [-0.1, -0.05) is 41.1 Å². The van der Waals surface area contributed by atoms with Crippen LogP contribution in [0.2, 0.25) is 0 Å². The number of anilines is 1. The molecule has 0 spiro atoms. The van der Waals surface area contributed by atoms with E-state index in [2.05, 4.69) is 20.9 Å². The van der Waals surface area contributed by atoms with Crippen LogP contribution >= 0.6 is 15.9 Å². The molecule has 2 aromatic carbocycles. The van der Waals surface area contributed by atoms with Crippen LogP contribution in [0.15, 0.2) is 77.0 Å². The molecule has 1 aliphatic rings. The number of benzene rings is 2. The number of halogens is 1. The van der Waals surface area contributed by atoms with Gasteiger partial charge in [-0.05, 0) is 60.9 Å². The molecule has 0 bridgehead atoms. The number of carbonyl (C=O) groups excluding carboxylic acids is 3. The molecule has 3 aromatic rings. The highest BCUT2D eigenvalue weighted by molar-refractivity contribution is 9.10. The predicted molar refractivity (Wildman–Crippen MR) is 135 cm³/mol. The van der Waals surface area contributed by atoms with Gasteiger partial charge in [-0.2, -0.15) is 0 Å². The van der Waals surface area contributed by atoms with Crippen LogP contribution in [0.1, 0.15) is 46.4 Å². The van der Waals surface area contributed by atoms with Crippen LogP contribution in [0.5, 0.6) is 0 Å². The van der Waals surface area contributed by atoms with Gasteiger partial charge >= 0.3 is 5.97 Å².